The molecule has 1 aliphatic rings. The minimum Gasteiger partial charge on any atom is -0.351 e. The molecule has 1 aromatic heterocycles. The van der Waals surface area contributed by atoms with Crippen LogP contribution in [-0.4, -0.2) is 23.4 Å². The van der Waals surface area contributed by atoms with Crippen molar-refractivity contribution in [3.05, 3.63) is 24.3 Å². The topological polar surface area (TPSA) is 16.1 Å². The number of rotatable bonds is 3. The second-order valence-electron chi connectivity index (χ2n) is 4.78. The Morgan fingerprint density at radius 2 is 2.18 bits per heavy atom. The fraction of sp³-hybridized carbons (Fsp3) is 0.462. The van der Waals surface area contributed by atoms with E-state index >= 15 is 0 Å². The zero-order valence-electron chi connectivity index (χ0n) is 9.77. The van der Waals surface area contributed by atoms with Crippen molar-refractivity contribution in [1.29, 1.82) is 0 Å². The van der Waals surface area contributed by atoms with E-state index in [1.54, 1.807) is 11.3 Å². The number of para-hydroxylation sites is 1. The van der Waals surface area contributed by atoms with E-state index in [4.69, 9.17) is 0 Å². The van der Waals surface area contributed by atoms with E-state index in [2.05, 4.69) is 51.1 Å². The number of thiazole rings is 1. The van der Waals surface area contributed by atoms with Crippen molar-refractivity contribution in [2.75, 3.05) is 18.5 Å². The van der Waals surface area contributed by atoms with Crippen LogP contribution in [0.15, 0.2) is 24.3 Å². The zero-order valence-corrected chi connectivity index (χ0v) is 12.2. The van der Waals surface area contributed by atoms with Crippen LogP contribution in [0.4, 0.5) is 5.13 Å². The molecule has 2 nitrogen and oxygen atoms in total. The van der Waals surface area contributed by atoms with E-state index in [9.17, 15) is 0 Å². The van der Waals surface area contributed by atoms with Crippen LogP contribution in [0, 0.1) is 5.92 Å². The van der Waals surface area contributed by atoms with Crippen molar-refractivity contribution in [2.45, 2.75) is 17.7 Å². The first-order valence-electron chi connectivity index (χ1n) is 5.93. The van der Waals surface area contributed by atoms with Gasteiger partial charge in [-0.05, 0) is 30.9 Å². The number of benzene rings is 1. The van der Waals surface area contributed by atoms with Crippen molar-refractivity contribution in [3.63, 3.8) is 0 Å². The normalized spacial score (nSPS) is 23.6. The molecule has 0 radical (unpaired) electrons. The third kappa shape index (κ3) is 2.33. The van der Waals surface area contributed by atoms with Crippen molar-refractivity contribution in [3.8, 4) is 0 Å². The molecule has 1 fully saturated rings. The van der Waals surface area contributed by atoms with Crippen LogP contribution in [0.5, 0.6) is 0 Å². The van der Waals surface area contributed by atoms with Crippen molar-refractivity contribution >= 4 is 42.6 Å². The summed E-state index contributed by atoms with van der Waals surface area (Å²) in [7, 11) is 2.15. The number of fused-ring (bicyclic) bond motifs is 1. The molecule has 0 atom stereocenters. The van der Waals surface area contributed by atoms with Crippen molar-refractivity contribution < 1.29 is 0 Å². The molecule has 0 spiro atoms. The summed E-state index contributed by atoms with van der Waals surface area (Å²) in [6.45, 7) is 1.13. The van der Waals surface area contributed by atoms with E-state index in [1.807, 2.05) is 6.07 Å². The molecule has 17 heavy (non-hydrogen) atoms. The third-order valence-corrected chi connectivity index (χ3v) is 5.22. The van der Waals surface area contributed by atoms with E-state index in [1.165, 1.54) is 17.5 Å². The molecule has 0 saturated heterocycles. The molecular weight excluding hydrogens is 296 g/mol. The van der Waals surface area contributed by atoms with Crippen LogP contribution < -0.4 is 4.90 Å². The number of hydrogen-bond acceptors (Lipinski definition) is 3. The Morgan fingerprint density at radius 1 is 1.41 bits per heavy atom. The van der Waals surface area contributed by atoms with E-state index in [0.29, 0.717) is 0 Å². The maximum Gasteiger partial charge on any atom is 0.186 e. The van der Waals surface area contributed by atoms with Gasteiger partial charge in [0.25, 0.3) is 0 Å². The number of alkyl halides is 1. The third-order valence-electron chi connectivity index (χ3n) is 3.32. The largest absolute Gasteiger partial charge is 0.351 e. The van der Waals surface area contributed by atoms with E-state index in [-0.39, 0.29) is 0 Å². The first kappa shape index (κ1) is 11.5. The fourth-order valence-electron chi connectivity index (χ4n) is 2.29. The van der Waals surface area contributed by atoms with Gasteiger partial charge in [0.2, 0.25) is 0 Å². The monoisotopic (exact) mass is 310 g/mol. The van der Waals surface area contributed by atoms with Gasteiger partial charge in [0.1, 0.15) is 0 Å². The maximum absolute atomic E-state index is 4.68. The average molecular weight is 311 g/mol. The highest BCUT2D eigenvalue weighted by Gasteiger charge is 2.28. The standard InChI is InChI=1S/C13H15BrN2S/c1-16(8-9-6-10(14)7-9)13-15-11-4-2-3-5-12(11)17-13/h2-5,9-10H,6-8H2,1H3. The molecule has 3 rings (SSSR count). The molecule has 1 aromatic carbocycles. The Hall–Kier alpha value is -0.610. The average Bonchev–Trinajstić information content (AvgIpc) is 2.70. The van der Waals surface area contributed by atoms with E-state index < -0.39 is 0 Å². The molecule has 0 N–H and O–H groups in total. The van der Waals surface area contributed by atoms with Gasteiger partial charge in [-0.2, -0.15) is 0 Å². The van der Waals surface area contributed by atoms with Crippen molar-refractivity contribution in [1.82, 2.24) is 4.98 Å². The lowest BCUT2D eigenvalue weighted by Gasteiger charge is -2.34. The first-order valence-corrected chi connectivity index (χ1v) is 7.66. The lowest BCUT2D eigenvalue weighted by molar-refractivity contribution is 0.339. The first-order chi connectivity index (χ1) is 8.22. The Bertz CT molecular complexity index is 486. The van der Waals surface area contributed by atoms with Crippen LogP contribution in [0.1, 0.15) is 12.8 Å². The lowest BCUT2D eigenvalue weighted by atomic mass is 9.85. The minimum absolute atomic E-state index is 0.747. The Kier molecular flexibility index (Phi) is 3.09. The van der Waals surface area contributed by atoms with E-state index in [0.717, 1.165) is 27.9 Å². The van der Waals surface area contributed by atoms with Crippen LogP contribution >= 0.6 is 27.3 Å². The molecule has 1 saturated carbocycles. The summed E-state index contributed by atoms with van der Waals surface area (Å²) in [5.74, 6) is 0.830. The van der Waals surface area contributed by atoms with Gasteiger partial charge in [-0.15, -0.1) is 0 Å². The van der Waals surface area contributed by atoms with Crippen LogP contribution in [-0.2, 0) is 0 Å². The van der Waals surface area contributed by atoms with Gasteiger partial charge in [0, 0.05) is 18.4 Å². The van der Waals surface area contributed by atoms with Crippen LogP contribution in [0.2, 0.25) is 0 Å². The van der Waals surface area contributed by atoms with Crippen LogP contribution in [0.25, 0.3) is 10.2 Å². The predicted molar refractivity (Wildman–Crippen MR) is 78.3 cm³/mol. The van der Waals surface area contributed by atoms with Gasteiger partial charge < -0.3 is 4.90 Å². The zero-order chi connectivity index (χ0) is 11.8. The van der Waals surface area contributed by atoms with Gasteiger partial charge >= 0.3 is 0 Å². The second kappa shape index (κ2) is 4.58. The number of halogens is 1. The molecule has 0 bridgehead atoms. The summed E-state index contributed by atoms with van der Waals surface area (Å²) in [5, 5.41) is 1.14. The molecule has 0 aliphatic heterocycles. The molecule has 1 aliphatic carbocycles. The molecule has 0 amide bonds. The predicted octanol–water partition coefficient (Wildman–Crippen LogP) is 3.91. The quantitative estimate of drug-likeness (QED) is 0.799. The van der Waals surface area contributed by atoms with Gasteiger partial charge in [0.15, 0.2) is 5.13 Å². The van der Waals surface area contributed by atoms with Crippen molar-refractivity contribution in [2.24, 2.45) is 5.92 Å². The SMILES string of the molecule is CN(CC1CC(Br)C1)c1nc2ccccc2s1. The number of hydrogen-bond donors (Lipinski definition) is 0. The maximum atomic E-state index is 4.68. The number of nitrogens with zero attached hydrogens (tertiary/aromatic N) is 2. The molecular formula is C13H15BrN2S. The summed E-state index contributed by atoms with van der Waals surface area (Å²) in [5.41, 5.74) is 1.12. The molecule has 2 aromatic rings. The summed E-state index contributed by atoms with van der Waals surface area (Å²) in [4.78, 5) is 7.72. The summed E-state index contributed by atoms with van der Waals surface area (Å²) in [6, 6.07) is 8.35. The summed E-state index contributed by atoms with van der Waals surface area (Å²) < 4.78 is 1.28. The minimum atomic E-state index is 0.747. The number of aromatic nitrogens is 1. The van der Waals surface area contributed by atoms with Crippen LogP contribution in [0.3, 0.4) is 0 Å². The van der Waals surface area contributed by atoms with Gasteiger partial charge in [0.05, 0.1) is 10.2 Å². The summed E-state index contributed by atoms with van der Waals surface area (Å²) in [6.07, 6.45) is 2.60. The Labute approximate surface area is 114 Å². The molecule has 4 heteroatoms. The highest BCUT2D eigenvalue weighted by atomic mass is 79.9. The second-order valence-corrected chi connectivity index (χ2v) is 7.08. The molecule has 90 valence electrons. The summed E-state index contributed by atoms with van der Waals surface area (Å²) >= 11 is 5.43. The van der Waals surface area contributed by atoms with Gasteiger partial charge in [-0.1, -0.05) is 39.4 Å². The lowest BCUT2D eigenvalue weighted by Crippen LogP contribution is -2.34. The smallest absolute Gasteiger partial charge is 0.186 e. The molecule has 0 unspecified atom stereocenters. The molecule has 1 heterocycles. The highest BCUT2D eigenvalue weighted by Crippen LogP contribution is 2.35. The van der Waals surface area contributed by atoms with Gasteiger partial charge in [-0.25, -0.2) is 4.98 Å². The van der Waals surface area contributed by atoms with Gasteiger partial charge in [-0.3, -0.25) is 0 Å². The highest BCUT2D eigenvalue weighted by molar-refractivity contribution is 9.09. The fourth-order valence-corrected chi connectivity index (χ4v) is 4.29. The Morgan fingerprint density at radius 3 is 2.88 bits per heavy atom. The number of anilines is 1. The Balaban J connectivity index is 1.74.